The highest BCUT2D eigenvalue weighted by atomic mass is 15.2. The number of likely N-dealkylation sites (N-methyl/N-ethyl adjacent to an activating group) is 1. The highest BCUT2D eigenvalue weighted by Crippen LogP contribution is 2.41. The molecule has 0 fully saturated rings. The van der Waals surface area contributed by atoms with Gasteiger partial charge in [-0.3, -0.25) is 4.98 Å². The maximum Gasteiger partial charge on any atom is 0.0861 e. The summed E-state index contributed by atoms with van der Waals surface area (Å²) in [7, 11) is 2.19. The van der Waals surface area contributed by atoms with Crippen LogP contribution in [0.2, 0.25) is 0 Å². The molecule has 126 valence electrons. The van der Waals surface area contributed by atoms with E-state index in [-0.39, 0.29) is 5.54 Å². The fourth-order valence-electron chi connectivity index (χ4n) is 3.63. The largest absolute Gasteiger partial charge is 0.360 e. The van der Waals surface area contributed by atoms with Crippen LogP contribution in [-0.2, 0) is 5.54 Å². The zero-order valence-corrected chi connectivity index (χ0v) is 15.9. The molecule has 0 bridgehead atoms. The van der Waals surface area contributed by atoms with E-state index in [1.54, 1.807) is 0 Å². The molecule has 2 nitrogen and oxygen atoms in total. The molecule has 1 aliphatic heterocycles. The number of benzene rings is 1. The third-order valence-corrected chi connectivity index (χ3v) is 5.57. The Bertz CT molecular complexity index is 817. The SMILES string of the molecule is Cc1cc(C)c(C)c(C2(C)C=Cc3ncc(C(C)C)cc3N2C)c1. The Labute approximate surface area is 146 Å². The van der Waals surface area contributed by atoms with Gasteiger partial charge in [-0.2, -0.15) is 0 Å². The molecule has 0 saturated carbocycles. The Balaban J connectivity index is 2.16. The normalized spacial score (nSPS) is 19.8. The number of fused-ring (bicyclic) bond motifs is 1. The van der Waals surface area contributed by atoms with Crippen molar-refractivity contribution >= 4 is 11.8 Å². The number of nitrogens with zero attached hydrogens (tertiary/aromatic N) is 2. The molecule has 0 spiro atoms. The van der Waals surface area contributed by atoms with Crippen molar-refractivity contribution in [2.75, 3.05) is 11.9 Å². The van der Waals surface area contributed by atoms with Gasteiger partial charge in [0.2, 0.25) is 0 Å². The summed E-state index contributed by atoms with van der Waals surface area (Å²) in [6.45, 7) is 13.3. The quantitative estimate of drug-likeness (QED) is 0.725. The Kier molecular flexibility index (Phi) is 4.03. The zero-order valence-electron chi connectivity index (χ0n) is 15.9. The van der Waals surface area contributed by atoms with Gasteiger partial charge in [-0.05, 0) is 68.0 Å². The predicted molar refractivity (Wildman–Crippen MR) is 104 cm³/mol. The number of aromatic nitrogens is 1. The van der Waals surface area contributed by atoms with E-state index in [0.717, 1.165) is 5.69 Å². The van der Waals surface area contributed by atoms with Gasteiger partial charge in [0.25, 0.3) is 0 Å². The van der Waals surface area contributed by atoms with Crippen LogP contribution >= 0.6 is 0 Å². The van der Waals surface area contributed by atoms with E-state index in [0.29, 0.717) is 5.92 Å². The van der Waals surface area contributed by atoms with Gasteiger partial charge in [-0.25, -0.2) is 0 Å². The maximum absolute atomic E-state index is 4.68. The van der Waals surface area contributed by atoms with Gasteiger partial charge >= 0.3 is 0 Å². The molecule has 0 radical (unpaired) electrons. The second-order valence-electron chi connectivity index (χ2n) is 7.62. The van der Waals surface area contributed by atoms with Crippen molar-refractivity contribution in [3.8, 4) is 0 Å². The second-order valence-corrected chi connectivity index (χ2v) is 7.62. The van der Waals surface area contributed by atoms with Crippen LogP contribution in [0, 0.1) is 20.8 Å². The molecular weight excluding hydrogens is 292 g/mol. The summed E-state index contributed by atoms with van der Waals surface area (Å²) in [6.07, 6.45) is 6.47. The molecule has 1 atom stereocenters. The average molecular weight is 320 g/mol. The fraction of sp³-hybridized carbons (Fsp3) is 0.409. The van der Waals surface area contributed by atoms with Crippen molar-refractivity contribution in [1.82, 2.24) is 4.98 Å². The smallest absolute Gasteiger partial charge is 0.0861 e. The molecule has 0 amide bonds. The summed E-state index contributed by atoms with van der Waals surface area (Å²) in [5, 5.41) is 0. The van der Waals surface area contributed by atoms with Crippen molar-refractivity contribution in [3.63, 3.8) is 0 Å². The van der Waals surface area contributed by atoms with Crippen LogP contribution in [0.15, 0.2) is 30.5 Å². The molecule has 1 aliphatic rings. The summed E-state index contributed by atoms with van der Waals surface area (Å²) in [6, 6.07) is 6.89. The molecule has 0 aliphatic carbocycles. The maximum atomic E-state index is 4.68. The lowest BCUT2D eigenvalue weighted by Crippen LogP contribution is -2.42. The molecule has 0 N–H and O–H groups in total. The molecule has 2 heterocycles. The van der Waals surface area contributed by atoms with Gasteiger partial charge in [-0.15, -0.1) is 0 Å². The Morgan fingerprint density at radius 3 is 2.46 bits per heavy atom. The molecule has 1 aromatic carbocycles. The Hall–Kier alpha value is -2.09. The number of hydrogen-bond donors (Lipinski definition) is 0. The number of pyridine rings is 1. The molecule has 3 rings (SSSR count). The molecule has 0 saturated heterocycles. The van der Waals surface area contributed by atoms with Crippen LogP contribution in [0.25, 0.3) is 6.08 Å². The van der Waals surface area contributed by atoms with Crippen molar-refractivity contribution in [2.45, 2.75) is 53.0 Å². The lowest BCUT2D eigenvalue weighted by atomic mass is 9.82. The highest BCUT2D eigenvalue weighted by Gasteiger charge is 2.35. The highest BCUT2D eigenvalue weighted by molar-refractivity contribution is 5.73. The number of aryl methyl sites for hydroxylation is 2. The van der Waals surface area contributed by atoms with E-state index >= 15 is 0 Å². The van der Waals surface area contributed by atoms with Crippen LogP contribution in [0.4, 0.5) is 5.69 Å². The van der Waals surface area contributed by atoms with Crippen LogP contribution in [0.3, 0.4) is 0 Å². The lowest BCUT2D eigenvalue weighted by Gasteiger charge is -2.43. The summed E-state index contributed by atoms with van der Waals surface area (Å²) in [4.78, 5) is 7.06. The summed E-state index contributed by atoms with van der Waals surface area (Å²) >= 11 is 0. The first-order valence-electron chi connectivity index (χ1n) is 8.75. The topological polar surface area (TPSA) is 16.1 Å². The number of rotatable bonds is 2. The van der Waals surface area contributed by atoms with E-state index in [9.17, 15) is 0 Å². The molecule has 2 aromatic rings. The molecule has 24 heavy (non-hydrogen) atoms. The lowest BCUT2D eigenvalue weighted by molar-refractivity contribution is 0.571. The Morgan fingerprint density at radius 2 is 1.79 bits per heavy atom. The third kappa shape index (κ3) is 2.54. The Morgan fingerprint density at radius 1 is 1.08 bits per heavy atom. The standard InChI is InChI=1S/C22H28N2/c1-14(2)18-12-21-20(23-13-18)8-9-22(6,24(21)7)19-11-15(3)10-16(4)17(19)5/h8-14H,1-7H3. The third-order valence-electron chi connectivity index (χ3n) is 5.57. The van der Waals surface area contributed by atoms with E-state index in [4.69, 9.17) is 0 Å². The van der Waals surface area contributed by atoms with Gasteiger partial charge in [0.05, 0.1) is 16.9 Å². The van der Waals surface area contributed by atoms with Crippen LogP contribution < -0.4 is 4.90 Å². The van der Waals surface area contributed by atoms with Crippen LogP contribution in [0.5, 0.6) is 0 Å². The predicted octanol–water partition coefficient (Wildman–Crippen LogP) is 5.51. The molecule has 2 heteroatoms. The van der Waals surface area contributed by atoms with Gasteiger partial charge in [0, 0.05) is 13.2 Å². The van der Waals surface area contributed by atoms with Crippen molar-refractivity contribution in [2.24, 2.45) is 0 Å². The van der Waals surface area contributed by atoms with E-state index in [1.807, 2.05) is 6.20 Å². The van der Waals surface area contributed by atoms with E-state index < -0.39 is 0 Å². The molecular formula is C22H28N2. The minimum Gasteiger partial charge on any atom is -0.360 e. The van der Waals surface area contributed by atoms with E-state index in [1.165, 1.54) is 33.5 Å². The van der Waals surface area contributed by atoms with E-state index in [2.05, 4.69) is 88.8 Å². The monoisotopic (exact) mass is 320 g/mol. The van der Waals surface area contributed by atoms with Crippen molar-refractivity contribution in [3.05, 3.63) is 64.0 Å². The minimum atomic E-state index is -0.162. The molecule has 1 unspecified atom stereocenters. The van der Waals surface area contributed by atoms with Crippen LogP contribution in [-0.4, -0.2) is 12.0 Å². The van der Waals surface area contributed by atoms with Crippen molar-refractivity contribution in [1.29, 1.82) is 0 Å². The number of hydrogen-bond acceptors (Lipinski definition) is 2. The first kappa shape index (κ1) is 16.8. The first-order valence-corrected chi connectivity index (χ1v) is 8.75. The summed E-state index contributed by atoms with van der Waals surface area (Å²) < 4.78 is 0. The summed E-state index contributed by atoms with van der Waals surface area (Å²) in [5.74, 6) is 0.483. The molecule has 1 aromatic heterocycles. The average Bonchev–Trinajstić information content (AvgIpc) is 2.54. The minimum absolute atomic E-state index is 0.162. The van der Waals surface area contributed by atoms with Crippen molar-refractivity contribution < 1.29 is 0 Å². The van der Waals surface area contributed by atoms with Gasteiger partial charge in [0.15, 0.2) is 0 Å². The number of anilines is 1. The fourth-order valence-corrected chi connectivity index (χ4v) is 3.63. The van der Waals surface area contributed by atoms with Crippen LogP contribution in [0.1, 0.15) is 60.2 Å². The van der Waals surface area contributed by atoms with Gasteiger partial charge in [-0.1, -0.05) is 37.6 Å². The first-order chi connectivity index (χ1) is 11.2. The summed E-state index contributed by atoms with van der Waals surface area (Å²) in [5.41, 5.74) is 8.81. The van der Waals surface area contributed by atoms with Gasteiger partial charge in [0.1, 0.15) is 0 Å². The second kappa shape index (κ2) is 5.77. The van der Waals surface area contributed by atoms with Gasteiger partial charge < -0.3 is 4.90 Å². The zero-order chi connectivity index (χ0) is 17.6.